The first kappa shape index (κ1) is 21.1. The average molecular weight is 395 g/mol. The van der Waals surface area contributed by atoms with Gasteiger partial charge in [0.05, 0.1) is 6.54 Å². The largest absolute Gasteiger partial charge is 0.357 e. The highest BCUT2D eigenvalue weighted by molar-refractivity contribution is 5.79. The van der Waals surface area contributed by atoms with E-state index in [-0.39, 0.29) is 0 Å². The van der Waals surface area contributed by atoms with Gasteiger partial charge in [-0.25, -0.2) is 9.98 Å². The first-order valence-corrected chi connectivity index (χ1v) is 10.5. The molecule has 1 aliphatic heterocycles. The zero-order valence-electron chi connectivity index (χ0n) is 18.2. The summed E-state index contributed by atoms with van der Waals surface area (Å²) in [7, 11) is 4.26. The second-order valence-electron chi connectivity index (χ2n) is 7.77. The van der Waals surface area contributed by atoms with E-state index < -0.39 is 0 Å². The number of benzene rings is 1. The minimum absolute atomic E-state index is 0.621. The minimum atomic E-state index is 0.621. The quantitative estimate of drug-likeness (QED) is 0.603. The molecule has 1 aromatic carbocycles. The highest BCUT2D eigenvalue weighted by Gasteiger charge is 2.15. The van der Waals surface area contributed by atoms with Gasteiger partial charge >= 0.3 is 0 Å². The maximum absolute atomic E-state index is 4.83. The van der Waals surface area contributed by atoms with Gasteiger partial charge in [0, 0.05) is 52.5 Å². The molecule has 0 radical (unpaired) electrons. The van der Waals surface area contributed by atoms with E-state index in [1.54, 1.807) is 0 Å². The van der Waals surface area contributed by atoms with Gasteiger partial charge in [-0.05, 0) is 43.7 Å². The summed E-state index contributed by atoms with van der Waals surface area (Å²) in [5.41, 5.74) is 3.75. The molecular formula is C23H34N6. The van der Waals surface area contributed by atoms with Gasteiger partial charge in [-0.3, -0.25) is 0 Å². The van der Waals surface area contributed by atoms with Gasteiger partial charge in [0.2, 0.25) is 0 Å². The van der Waals surface area contributed by atoms with Crippen LogP contribution in [-0.2, 0) is 13.1 Å². The van der Waals surface area contributed by atoms with Gasteiger partial charge in [-0.2, -0.15) is 0 Å². The molecule has 0 saturated carbocycles. The SMILES string of the molecule is CCNC(=NCc1ccc(N2CCN(C)CC2)nc1)N(C)Cc1ccccc1C. The van der Waals surface area contributed by atoms with Crippen LogP contribution in [0.15, 0.2) is 47.6 Å². The number of guanidine groups is 1. The number of hydrogen-bond acceptors (Lipinski definition) is 4. The van der Waals surface area contributed by atoms with Gasteiger partial charge in [0.25, 0.3) is 0 Å². The van der Waals surface area contributed by atoms with Crippen LogP contribution < -0.4 is 10.2 Å². The summed E-state index contributed by atoms with van der Waals surface area (Å²) >= 11 is 0. The van der Waals surface area contributed by atoms with Crippen LogP contribution >= 0.6 is 0 Å². The van der Waals surface area contributed by atoms with E-state index >= 15 is 0 Å². The summed E-state index contributed by atoms with van der Waals surface area (Å²) in [6, 6.07) is 12.8. The summed E-state index contributed by atoms with van der Waals surface area (Å²) in [6.07, 6.45) is 1.96. The Kier molecular flexibility index (Phi) is 7.47. The normalized spacial score (nSPS) is 15.4. The van der Waals surface area contributed by atoms with Crippen LogP contribution in [0.1, 0.15) is 23.6 Å². The minimum Gasteiger partial charge on any atom is -0.357 e. The second-order valence-corrected chi connectivity index (χ2v) is 7.77. The maximum Gasteiger partial charge on any atom is 0.194 e. The zero-order valence-corrected chi connectivity index (χ0v) is 18.2. The van der Waals surface area contributed by atoms with Gasteiger partial charge < -0.3 is 20.0 Å². The highest BCUT2D eigenvalue weighted by Crippen LogP contribution is 2.14. The van der Waals surface area contributed by atoms with Crippen LogP contribution in [0.2, 0.25) is 0 Å². The average Bonchev–Trinajstić information content (AvgIpc) is 2.74. The van der Waals surface area contributed by atoms with E-state index in [4.69, 9.17) is 4.99 Å². The van der Waals surface area contributed by atoms with Crippen molar-refractivity contribution >= 4 is 11.8 Å². The van der Waals surface area contributed by atoms with Crippen molar-refractivity contribution < 1.29 is 0 Å². The van der Waals surface area contributed by atoms with Gasteiger partial charge in [0.15, 0.2) is 5.96 Å². The fraction of sp³-hybridized carbons (Fsp3) is 0.478. The third-order valence-corrected chi connectivity index (χ3v) is 5.41. The molecule has 1 N–H and O–H groups in total. The van der Waals surface area contributed by atoms with E-state index in [0.29, 0.717) is 6.54 Å². The predicted octanol–water partition coefficient (Wildman–Crippen LogP) is 2.74. The van der Waals surface area contributed by atoms with Crippen molar-refractivity contribution in [2.75, 3.05) is 51.7 Å². The van der Waals surface area contributed by atoms with E-state index in [2.05, 4.69) is 89.3 Å². The molecule has 156 valence electrons. The summed E-state index contributed by atoms with van der Waals surface area (Å²) < 4.78 is 0. The fourth-order valence-electron chi connectivity index (χ4n) is 3.49. The molecule has 0 unspecified atom stereocenters. The molecule has 0 bridgehead atoms. The molecule has 1 saturated heterocycles. The molecule has 0 amide bonds. The van der Waals surface area contributed by atoms with E-state index in [1.807, 2.05) is 6.20 Å². The maximum atomic E-state index is 4.83. The zero-order chi connectivity index (χ0) is 20.6. The topological polar surface area (TPSA) is 47.0 Å². The molecule has 29 heavy (non-hydrogen) atoms. The summed E-state index contributed by atoms with van der Waals surface area (Å²) in [6.45, 7) is 10.8. The predicted molar refractivity (Wildman–Crippen MR) is 121 cm³/mol. The standard InChI is InChI=1S/C23H34N6/c1-5-24-23(28(4)18-21-9-7-6-8-19(21)2)26-17-20-10-11-22(25-16-20)29-14-12-27(3)13-15-29/h6-11,16H,5,12-15,17-18H2,1-4H3,(H,24,26). The Hall–Kier alpha value is -2.60. The van der Waals surface area contributed by atoms with Gasteiger partial charge in [-0.15, -0.1) is 0 Å². The van der Waals surface area contributed by atoms with Crippen molar-refractivity contribution in [3.63, 3.8) is 0 Å². The number of anilines is 1. The second kappa shape index (κ2) is 10.3. The Bertz CT molecular complexity index is 793. The highest BCUT2D eigenvalue weighted by atomic mass is 15.3. The van der Waals surface area contributed by atoms with Crippen LogP contribution in [-0.4, -0.2) is 67.6 Å². The molecule has 6 nitrogen and oxygen atoms in total. The Labute approximate surface area is 175 Å². The number of nitrogens with zero attached hydrogens (tertiary/aromatic N) is 5. The molecule has 2 aromatic rings. The van der Waals surface area contributed by atoms with Crippen LogP contribution in [0, 0.1) is 6.92 Å². The molecule has 6 heteroatoms. The molecule has 3 rings (SSSR count). The lowest BCUT2D eigenvalue weighted by molar-refractivity contribution is 0.312. The first-order valence-electron chi connectivity index (χ1n) is 10.5. The van der Waals surface area contributed by atoms with Crippen molar-refractivity contribution in [1.82, 2.24) is 20.1 Å². The number of nitrogens with one attached hydrogen (secondary N) is 1. The Morgan fingerprint density at radius 1 is 1.14 bits per heavy atom. The van der Waals surface area contributed by atoms with Gasteiger partial charge in [-0.1, -0.05) is 30.3 Å². The van der Waals surface area contributed by atoms with Crippen LogP contribution in [0.5, 0.6) is 0 Å². The summed E-state index contributed by atoms with van der Waals surface area (Å²) in [5.74, 6) is 1.98. The van der Waals surface area contributed by atoms with Crippen molar-refractivity contribution in [1.29, 1.82) is 0 Å². The van der Waals surface area contributed by atoms with Crippen molar-refractivity contribution in [2.45, 2.75) is 26.9 Å². The number of pyridine rings is 1. The Balaban J connectivity index is 1.62. The first-order chi connectivity index (χ1) is 14.1. The van der Waals surface area contributed by atoms with Crippen molar-refractivity contribution in [3.8, 4) is 0 Å². The number of piperazine rings is 1. The number of likely N-dealkylation sites (N-methyl/N-ethyl adjacent to an activating group) is 1. The molecule has 1 aliphatic rings. The Morgan fingerprint density at radius 3 is 2.55 bits per heavy atom. The summed E-state index contributed by atoms with van der Waals surface area (Å²) in [4.78, 5) is 16.4. The number of rotatable bonds is 6. The molecule has 2 heterocycles. The van der Waals surface area contributed by atoms with Crippen LogP contribution in [0.25, 0.3) is 0 Å². The monoisotopic (exact) mass is 394 g/mol. The van der Waals surface area contributed by atoms with Crippen LogP contribution in [0.4, 0.5) is 5.82 Å². The van der Waals surface area contributed by atoms with E-state index in [0.717, 1.165) is 56.6 Å². The molecular weight excluding hydrogens is 360 g/mol. The lowest BCUT2D eigenvalue weighted by atomic mass is 10.1. The van der Waals surface area contributed by atoms with E-state index in [9.17, 15) is 0 Å². The van der Waals surface area contributed by atoms with Crippen LogP contribution in [0.3, 0.4) is 0 Å². The lowest BCUT2D eigenvalue weighted by Crippen LogP contribution is -2.44. The summed E-state index contributed by atoms with van der Waals surface area (Å²) in [5, 5.41) is 3.40. The lowest BCUT2D eigenvalue weighted by Gasteiger charge is -2.33. The molecule has 0 spiro atoms. The van der Waals surface area contributed by atoms with E-state index in [1.165, 1.54) is 11.1 Å². The molecule has 1 fully saturated rings. The Morgan fingerprint density at radius 2 is 1.90 bits per heavy atom. The van der Waals surface area contributed by atoms with Crippen molar-refractivity contribution in [3.05, 3.63) is 59.3 Å². The molecule has 0 atom stereocenters. The number of aryl methyl sites for hydroxylation is 1. The van der Waals surface area contributed by atoms with Crippen molar-refractivity contribution in [2.24, 2.45) is 4.99 Å². The number of aromatic nitrogens is 1. The van der Waals surface area contributed by atoms with Gasteiger partial charge in [0.1, 0.15) is 5.82 Å². The number of hydrogen-bond donors (Lipinski definition) is 1. The molecule has 0 aliphatic carbocycles. The smallest absolute Gasteiger partial charge is 0.194 e. The third-order valence-electron chi connectivity index (χ3n) is 5.41. The fourth-order valence-corrected chi connectivity index (χ4v) is 3.49. The third kappa shape index (κ3) is 5.94. The number of aliphatic imine (C=N–C) groups is 1. The molecule has 1 aromatic heterocycles.